The molecule has 2 heteroatoms. The lowest BCUT2D eigenvalue weighted by molar-refractivity contribution is 0.867. The van der Waals surface area contributed by atoms with Gasteiger partial charge in [-0.05, 0) is 93.6 Å². The van der Waals surface area contributed by atoms with E-state index in [1.807, 2.05) is 0 Å². The second-order valence-electron chi connectivity index (χ2n) is 13.1. The van der Waals surface area contributed by atoms with Crippen molar-refractivity contribution in [2.75, 3.05) is 0 Å². The first-order valence-corrected chi connectivity index (χ1v) is 18.9. The zero-order valence-corrected chi connectivity index (χ0v) is 29.5. The smallest absolute Gasteiger partial charge is 0.00675 e. The molecule has 0 saturated heterocycles. The molecule has 0 unspecified atom stereocenters. The molecule has 44 heavy (non-hydrogen) atoms. The Hall–Kier alpha value is -3.04. The van der Waals surface area contributed by atoms with Crippen LogP contribution in [0.3, 0.4) is 0 Å². The van der Waals surface area contributed by atoms with Crippen LogP contribution >= 0.6 is 15.8 Å². The quantitative estimate of drug-likeness (QED) is 0.137. The van der Waals surface area contributed by atoms with Crippen LogP contribution in [0.15, 0.2) is 121 Å². The monoisotopic (exact) mass is 614 g/mol. The van der Waals surface area contributed by atoms with Gasteiger partial charge in [-0.1, -0.05) is 177 Å². The number of benzene rings is 5. The number of hydrogen-bond acceptors (Lipinski definition) is 0. The van der Waals surface area contributed by atoms with E-state index in [0.29, 0.717) is 23.7 Å². The Morgan fingerprint density at radius 1 is 0.295 bits per heavy atom. The summed E-state index contributed by atoms with van der Waals surface area (Å²) in [4.78, 5) is 0. The highest BCUT2D eigenvalue weighted by Crippen LogP contribution is 2.40. The third kappa shape index (κ3) is 7.26. The minimum Gasteiger partial charge on any atom is -0.0616 e. The van der Waals surface area contributed by atoms with Crippen LogP contribution in [-0.4, -0.2) is 0 Å². The van der Waals surface area contributed by atoms with Crippen molar-refractivity contribution in [3.63, 3.8) is 0 Å². The fourth-order valence-electron chi connectivity index (χ4n) is 5.73. The Labute approximate surface area is 269 Å². The van der Waals surface area contributed by atoms with Gasteiger partial charge in [-0.3, -0.25) is 0 Å². The summed E-state index contributed by atoms with van der Waals surface area (Å²) in [6.07, 6.45) is 0. The summed E-state index contributed by atoms with van der Waals surface area (Å²) >= 11 is 0. The molecule has 0 saturated carbocycles. The van der Waals surface area contributed by atoms with E-state index in [9.17, 15) is 0 Å². The van der Waals surface area contributed by atoms with E-state index in [-0.39, 0.29) is 0 Å². The van der Waals surface area contributed by atoms with E-state index < -0.39 is 15.8 Å². The molecule has 5 rings (SSSR count). The van der Waals surface area contributed by atoms with Gasteiger partial charge in [-0.25, -0.2) is 0 Å². The number of hydrogen-bond donors (Lipinski definition) is 0. The molecule has 0 amide bonds. The average Bonchev–Trinajstić information content (AvgIpc) is 3.03. The zero-order valence-electron chi connectivity index (χ0n) is 27.8. The maximum absolute atomic E-state index is 2.41. The molecule has 5 aromatic carbocycles. The molecule has 0 spiro atoms. The SMILES string of the molecule is CC(C)c1ccc(P(c2ccc(C(C)C)cc2)c2ccccc2P(c2ccc(C(C)C)cc2)c2ccc(C(C)C)cc2)cc1. The van der Waals surface area contributed by atoms with E-state index in [0.717, 1.165) is 0 Å². The summed E-state index contributed by atoms with van der Waals surface area (Å²) in [5.74, 6) is 2.07. The lowest BCUT2D eigenvalue weighted by Gasteiger charge is -2.28. The summed E-state index contributed by atoms with van der Waals surface area (Å²) in [6.45, 7) is 18.2. The van der Waals surface area contributed by atoms with Gasteiger partial charge in [0.2, 0.25) is 0 Å². The zero-order chi connectivity index (χ0) is 31.4. The normalized spacial score (nSPS) is 12.0. The van der Waals surface area contributed by atoms with Crippen molar-refractivity contribution < 1.29 is 0 Å². The van der Waals surface area contributed by atoms with Gasteiger partial charge in [0.25, 0.3) is 0 Å². The summed E-state index contributed by atoms with van der Waals surface area (Å²) in [5, 5.41) is 8.57. The molecule has 226 valence electrons. The highest BCUT2D eigenvalue weighted by Gasteiger charge is 2.26. The molecule has 0 fully saturated rings. The van der Waals surface area contributed by atoms with Crippen molar-refractivity contribution in [3.05, 3.63) is 144 Å². The van der Waals surface area contributed by atoms with Crippen LogP contribution in [0.2, 0.25) is 0 Å². The summed E-state index contributed by atoms with van der Waals surface area (Å²) < 4.78 is 0. The van der Waals surface area contributed by atoms with Crippen molar-refractivity contribution in [2.24, 2.45) is 0 Å². The van der Waals surface area contributed by atoms with Crippen molar-refractivity contribution >= 4 is 47.7 Å². The first-order valence-electron chi connectivity index (χ1n) is 16.2. The van der Waals surface area contributed by atoms with Gasteiger partial charge < -0.3 is 0 Å². The Morgan fingerprint density at radius 2 is 0.500 bits per heavy atom. The molecule has 0 aliphatic rings. The fraction of sp³-hybridized carbons (Fsp3) is 0.286. The van der Waals surface area contributed by atoms with Gasteiger partial charge in [-0.2, -0.15) is 0 Å². The molecule has 0 heterocycles. The van der Waals surface area contributed by atoms with Crippen LogP contribution in [0.4, 0.5) is 0 Å². The maximum atomic E-state index is 2.41. The topological polar surface area (TPSA) is 0 Å². The number of rotatable bonds is 10. The van der Waals surface area contributed by atoms with Crippen LogP contribution in [-0.2, 0) is 0 Å². The van der Waals surface area contributed by atoms with Crippen LogP contribution in [0, 0.1) is 0 Å². The predicted octanol–water partition coefficient (Wildman–Crippen LogP) is 9.70. The summed E-state index contributed by atoms with van der Waals surface area (Å²) in [7, 11) is -1.52. The van der Waals surface area contributed by atoms with Crippen molar-refractivity contribution in [2.45, 2.75) is 79.1 Å². The Kier molecular flexibility index (Phi) is 10.6. The fourth-order valence-corrected chi connectivity index (χ4v) is 10.9. The first kappa shape index (κ1) is 32.4. The molecule has 0 bridgehead atoms. The largest absolute Gasteiger partial charge is 0.0616 e. The lowest BCUT2D eigenvalue weighted by atomic mass is 10.0. The molecule has 0 N–H and O–H groups in total. The van der Waals surface area contributed by atoms with E-state index >= 15 is 0 Å². The van der Waals surface area contributed by atoms with Crippen LogP contribution in [0.1, 0.15) is 101 Å². The highest BCUT2D eigenvalue weighted by molar-refractivity contribution is 7.85. The summed E-state index contributed by atoms with van der Waals surface area (Å²) in [5.41, 5.74) is 5.57. The molecule has 0 atom stereocenters. The second kappa shape index (κ2) is 14.4. The third-order valence-electron chi connectivity index (χ3n) is 8.64. The van der Waals surface area contributed by atoms with Crippen LogP contribution < -0.4 is 31.8 Å². The van der Waals surface area contributed by atoms with Crippen LogP contribution in [0.25, 0.3) is 0 Å². The summed E-state index contributed by atoms with van der Waals surface area (Å²) in [6, 6.07) is 47.2. The molecule has 0 aliphatic heterocycles. The molecule has 5 aromatic rings. The van der Waals surface area contributed by atoms with E-state index in [4.69, 9.17) is 0 Å². The first-order chi connectivity index (χ1) is 21.1. The minimum absolute atomic E-state index is 0.517. The van der Waals surface area contributed by atoms with Crippen molar-refractivity contribution in [3.8, 4) is 0 Å². The van der Waals surface area contributed by atoms with Gasteiger partial charge in [-0.15, -0.1) is 0 Å². The lowest BCUT2D eigenvalue weighted by Crippen LogP contribution is -2.34. The molecular weight excluding hydrogens is 566 g/mol. The standard InChI is InChI=1S/C42H48P2/c1-29(2)33-13-21-37(22-14-33)43(38-23-15-34(16-24-38)30(3)4)41-11-9-10-12-42(41)44(39-25-17-35(18-26-39)31(5)6)40-27-19-36(20-28-40)32(7)8/h9-32H,1-8H3. The molecule has 0 radical (unpaired) electrons. The van der Waals surface area contributed by atoms with E-state index in [1.165, 1.54) is 54.1 Å². The van der Waals surface area contributed by atoms with Crippen molar-refractivity contribution in [1.82, 2.24) is 0 Å². The minimum atomic E-state index is -0.760. The Balaban J connectivity index is 1.72. The van der Waals surface area contributed by atoms with Gasteiger partial charge in [0.15, 0.2) is 0 Å². The highest BCUT2D eigenvalue weighted by atomic mass is 31.1. The van der Waals surface area contributed by atoms with Crippen molar-refractivity contribution in [1.29, 1.82) is 0 Å². The van der Waals surface area contributed by atoms with Gasteiger partial charge in [0.05, 0.1) is 0 Å². The second-order valence-corrected chi connectivity index (χ2v) is 17.5. The van der Waals surface area contributed by atoms with Crippen LogP contribution in [0.5, 0.6) is 0 Å². The third-order valence-corrected chi connectivity index (χ3v) is 13.8. The van der Waals surface area contributed by atoms with Gasteiger partial charge in [0.1, 0.15) is 0 Å². The molecular formula is C42H48P2. The molecule has 0 nitrogen and oxygen atoms in total. The average molecular weight is 615 g/mol. The maximum Gasteiger partial charge on any atom is -0.00675 e. The molecule has 0 aromatic heterocycles. The van der Waals surface area contributed by atoms with Gasteiger partial charge >= 0.3 is 0 Å². The Morgan fingerprint density at radius 3 is 0.682 bits per heavy atom. The predicted molar refractivity (Wildman–Crippen MR) is 200 cm³/mol. The molecule has 0 aliphatic carbocycles. The van der Waals surface area contributed by atoms with Gasteiger partial charge in [0, 0.05) is 0 Å². The van der Waals surface area contributed by atoms with E-state index in [1.54, 1.807) is 0 Å². The van der Waals surface area contributed by atoms with E-state index in [2.05, 4.69) is 177 Å². The Bertz CT molecular complexity index is 1400.